The largest absolute Gasteiger partial charge is 0.454 e. The van der Waals surface area contributed by atoms with Gasteiger partial charge < -0.3 is 24.3 Å². The van der Waals surface area contributed by atoms with Gasteiger partial charge in [-0.3, -0.25) is 4.79 Å². The molecule has 2 aliphatic heterocycles. The molecule has 0 atom stereocenters. The second-order valence-electron chi connectivity index (χ2n) is 6.93. The number of amides is 1. The fourth-order valence-corrected chi connectivity index (χ4v) is 3.22. The molecular weight excluding hydrogens is 398 g/mol. The lowest BCUT2D eigenvalue weighted by molar-refractivity contribution is 0.0955. The minimum Gasteiger partial charge on any atom is -0.454 e. The van der Waals surface area contributed by atoms with Crippen LogP contribution >= 0.6 is 0 Å². The van der Waals surface area contributed by atoms with Crippen LogP contribution in [0.1, 0.15) is 21.5 Å². The molecule has 3 aromatic carbocycles. The highest BCUT2D eigenvalue weighted by molar-refractivity contribution is 5.95. The summed E-state index contributed by atoms with van der Waals surface area (Å²) in [4.78, 5) is 12.3. The zero-order chi connectivity index (χ0) is 21.0. The summed E-state index contributed by atoms with van der Waals surface area (Å²) >= 11 is 0. The highest BCUT2D eigenvalue weighted by atomic mass is 16.7. The molecule has 2 aliphatic rings. The molecule has 1 amide bonds. The average molecular weight is 417 g/mol. The lowest BCUT2D eigenvalue weighted by Gasteiger charge is -2.08. The van der Waals surface area contributed by atoms with Crippen molar-refractivity contribution < 1.29 is 23.7 Å². The Balaban J connectivity index is 1.14. The van der Waals surface area contributed by atoms with Crippen LogP contribution in [0.15, 0.2) is 65.8 Å². The van der Waals surface area contributed by atoms with Crippen molar-refractivity contribution >= 4 is 17.8 Å². The molecule has 0 saturated carbocycles. The van der Waals surface area contributed by atoms with Crippen LogP contribution in [0.25, 0.3) is 0 Å². The maximum absolute atomic E-state index is 12.3. The summed E-state index contributed by atoms with van der Waals surface area (Å²) in [6.45, 7) is 1.10. The third kappa shape index (κ3) is 4.23. The normalized spacial score (nSPS) is 13.4. The van der Waals surface area contributed by atoms with Gasteiger partial charge in [0.25, 0.3) is 5.91 Å². The van der Waals surface area contributed by atoms with E-state index in [2.05, 4.69) is 15.8 Å². The molecule has 0 radical (unpaired) electrons. The standard InChI is InChI=1S/C23H19N3O5/c27-23(26-25-12-16-2-8-20-22(10-16)31-14-29-20)17-3-5-18(6-4-17)24-11-15-1-7-19-21(9-15)30-13-28-19/h1-10,12,24H,11,13-14H2,(H,26,27)/b25-12+. The smallest absolute Gasteiger partial charge is 0.271 e. The van der Waals surface area contributed by atoms with Crippen molar-refractivity contribution in [2.45, 2.75) is 6.54 Å². The van der Waals surface area contributed by atoms with Crippen molar-refractivity contribution in [3.8, 4) is 23.0 Å². The Morgan fingerprint density at radius 1 is 0.839 bits per heavy atom. The third-order valence-electron chi connectivity index (χ3n) is 4.86. The van der Waals surface area contributed by atoms with Crippen molar-refractivity contribution in [3.63, 3.8) is 0 Å². The predicted molar refractivity (Wildman–Crippen MR) is 114 cm³/mol. The van der Waals surface area contributed by atoms with Crippen molar-refractivity contribution in [1.82, 2.24) is 5.43 Å². The maximum Gasteiger partial charge on any atom is 0.271 e. The Bertz CT molecular complexity index is 1140. The van der Waals surface area contributed by atoms with Crippen molar-refractivity contribution in [2.75, 3.05) is 18.9 Å². The summed E-state index contributed by atoms with van der Waals surface area (Å²) in [5.41, 5.74) is 5.81. The Kier molecular flexibility index (Phi) is 5.02. The highest BCUT2D eigenvalue weighted by Gasteiger charge is 2.14. The number of ether oxygens (including phenoxy) is 4. The van der Waals surface area contributed by atoms with Gasteiger partial charge in [0.15, 0.2) is 23.0 Å². The summed E-state index contributed by atoms with van der Waals surface area (Å²) in [5, 5.41) is 7.34. The van der Waals surface area contributed by atoms with Gasteiger partial charge in [-0.05, 0) is 65.7 Å². The second kappa shape index (κ2) is 8.27. The topological polar surface area (TPSA) is 90.4 Å². The molecule has 0 aromatic heterocycles. The van der Waals surface area contributed by atoms with Gasteiger partial charge in [0, 0.05) is 17.8 Å². The summed E-state index contributed by atoms with van der Waals surface area (Å²) in [6, 6.07) is 18.5. The van der Waals surface area contributed by atoms with Gasteiger partial charge in [-0.25, -0.2) is 5.43 Å². The predicted octanol–water partition coefficient (Wildman–Crippen LogP) is 3.52. The van der Waals surface area contributed by atoms with Crippen molar-refractivity contribution in [1.29, 1.82) is 0 Å². The van der Waals surface area contributed by atoms with Gasteiger partial charge in [0.2, 0.25) is 13.6 Å². The van der Waals surface area contributed by atoms with Gasteiger partial charge >= 0.3 is 0 Å². The number of anilines is 1. The molecule has 8 nitrogen and oxygen atoms in total. The number of hydrogen-bond acceptors (Lipinski definition) is 7. The van der Waals surface area contributed by atoms with Crippen molar-refractivity contribution in [2.24, 2.45) is 5.10 Å². The number of carbonyl (C=O) groups excluding carboxylic acids is 1. The molecule has 0 spiro atoms. The number of nitrogens with zero attached hydrogens (tertiary/aromatic N) is 1. The van der Waals surface area contributed by atoms with Gasteiger partial charge in [0.05, 0.1) is 6.21 Å². The first-order valence-corrected chi connectivity index (χ1v) is 9.70. The average Bonchev–Trinajstić information content (AvgIpc) is 3.46. The van der Waals surface area contributed by atoms with Crippen LogP contribution in [-0.4, -0.2) is 25.7 Å². The van der Waals surface area contributed by atoms with E-state index in [1.54, 1.807) is 30.5 Å². The molecule has 31 heavy (non-hydrogen) atoms. The zero-order valence-electron chi connectivity index (χ0n) is 16.5. The SMILES string of the molecule is O=C(N/N=C/c1ccc2c(c1)OCO2)c1ccc(NCc2ccc3c(c2)OCO3)cc1. The van der Waals surface area contributed by atoms with Crippen molar-refractivity contribution in [3.05, 3.63) is 77.4 Å². The van der Waals surface area contributed by atoms with Crippen LogP contribution in [0.3, 0.4) is 0 Å². The Hall–Kier alpha value is -4.20. The summed E-state index contributed by atoms with van der Waals surface area (Å²) in [7, 11) is 0. The number of hydrazone groups is 1. The fraction of sp³-hybridized carbons (Fsp3) is 0.130. The fourth-order valence-electron chi connectivity index (χ4n) is 3.22. The van der Waals surface area contributed by atoms with E-state index in [0.717, 1.165) is 28.3 Å². The molecule has 0 unspecified atom stereocenters. The molecule has 0 aliphatic carbocycles. The third-order valence-corrected chi connectivity index (χ3v) is 4.86. The zero-order valence-corrected chi connectivity index (χ0v) is 16.5. The minimum absolute atomic E-state index is 0.216. The van der Waals surface area contributed by atoms with Crippen LogP contribution < -0.4 is 29.7 Å². The van der Waals surface area contributed by atoms with Crippen LogP contribution in [-0.2, 0) is 6.54 Å². The Morgan fingerprint density at radius 3 is 2.29 bits per heavy atom. The molecular formula is C23H19N3O5. The van der Waals surface area contributed by atoms with E-state index in [1.165, 1.54) is 0 Å². The molecule has 5 rings (SSSR count). The molecule has 2 heterocycles. The maximum atomic E-state index is 12.3. The van der Waals surface area contributed by atoms with Crippen LogP contribution in [0, 0.1) is 0 Å². The lowest BCUT2D eigenvalue weighted by atomic mass is 10.1. The summed E-state index contributed by atoms with van der Waals surface area (Å²) < 4.78 is 21.3. The van der Waals surface area contributed by atoms with Gasteiger partial charge in [-0.15, -0.1) is 0 Å². The lowest BCUT2D eigenvalue weighted by Crippen LogP contribution is -2.17. The molecule has 0 fully saturated rings. The molecule has 156 valence electrons. The number of benzene rings is 3. The minimum atomic E-state index is -0.292. The number of hydrogen-bond donors (Lipinski definition) is 2. The highest BCUT2D eigenvalue weighted by Crippen LogP contribution is 2.33. The van der Waals surface area contributed by atoms with Crippen LogP contribution in [0.4, 0.5) is 5.69 Å². The van der Waals surface area contributed by atoms with Gasteiger partial charge in [-0.1, -0.05) is 6.07 Å². The van der Waals surface area contributed by atoms with Crippen LogP contribution in [0.2, 0.25) is 0 Å². The van der Waals surface area contributed by atoms with Crippen LogP contribution in [0.5, 0.6) is 23.0 Å². The first-order chi connectivity index (χ1) is 15.2. The Labute approximate surface area is 178 Å². The second-order valence-corrected chi connectivity index (χ2v) is 6.93. The van der Waals surface area contributed by atoms with E-state index in [9.17, 15) is 4.79 Å². The van der Waals surface area contributed by atoms with E-state index in [1.807, 2.05) is 36.4 Å². The quantitative estimate of drug-likeness (QED) is 0.471. The first kappa shape index (κ1) is 18.8. The number of rotatable bonds is 6. The molecule has 0 bridgehead atoms. The van der Waals surface area contributed by atoms with E-state index in [4.69, 9.17) is 18.9 Å². The van der Waals surface area contributed by atoms with Gasteiger partial charge in [0.1, 0.15) is 0 Å². The van der Waals surface area contributed by atoms with Gasteiger partial charge in [-0.2, -0.15) is 5.10 Å². The van der Waals surface area contributed by atoms with E-state index < -0.39 is 0 Å². The monoisotopic (exact) mass is 417 g/mol. The summed E-state index contributed by atoms with van der Waals surface area (Å²) in [5.74, 6) is 2.60. The molecule has 2 N–H and O–H groups in total. The van der Waals surface area contributed by atoms with E-state index in [-0.39, 0.29) is 19.5 Å². The number of nitrogens with one attached hydrogen (secondary N) is 2. The van der Waals surface area contributed by atoms with E-state index >= 15 is 0 Å². The molecule has 0 saturated heterocycles. The number of carbonyl (C=O) groups is 1. The summed E-state index contributed by atoms with van der Waals surface area (Å²) in [6.07, 6.45) is 1.56. The van der Waals surface area contributed by atoms with E-state index in [0.29, 0.717) is 23.6 Å². The molecule has 8 heteroatoms. The molecule has 3 aromatic rings. The Morgan fingerprint density at radius 2 is 1.52 bits per heavy atom. The first-order valence-electron chi connectivity index (χ1n) is 9.70. The number of fused-ring (bicyclic) bond motifs is 2.